The Bertz CT molecular complexity index is 1350. The summed E-state index contributed by atoms with van der Waals surface area (Å²) in [6.07, 6.45) is 5.36. The summed E-state index contributed by atoms with van der Waals surface area (Å²) in [5.74, 6) is 1.83. The van der Waals surface area contributed by atoms with Gasteiger partial charge in [0.1, 0.15) is 5.82 Å². The zero-order valence-corrected chi connectivity index (χ0v) is 16.0. The predicted octanol–water partition coefficient (Wildman–Crippen LogP) is 1.41. The average molecular weight is 425 g/mol. The number of nitrogens with zero attached hydrogens (tertiary/aromatic N) is 2. The SMILES string of the molecule is C#CCn1/c(=N/S(=O)(=O)c2ccc(F)cc2)sc2cc(S(N)(=O)=O)ccc21. The molecule has 2 aromatic carbocycles. The maximum atomic E-state index is 13.0. The first-order chi connectivity index (χ1) is 12.6. The first-order valence-electron chi connectivity index (χ1n) is 7.28. The highest BCUT2D eigenvalue weighted by Gasteiger charge is 2.16. The molecule has 140 valence electrons. The molecule has 0 bridgehead atoms. The molecule has 27 heavy (non-hydrogen) atoms. The normalized spacial score (nSPS) is 13.0. The van der Waals surface area contributed by atoms with E-state index in [1.165, 1.54) is 22.8 Å². The van der Waals surface area contributed by atoms with Gasteiger partial charge in [0, 0.05) is 0 Å². The van der Waals surface area contributed by atoms with E-state index in [-0.39, 0.29) is 21.1 Å². The van der Waals surface area contributed by atoms with E-state index >= 15 is 0 Å². The molecule has 3 aromatic rings. The first-order valence-corrected chi connectivity index (χ1v) is 11.1. The number of terminal acetylenes is 1. The molecule has 0 saturated heterocycles. The van der Waals surface area contributed by atoms with Gasteiger partial charge in [-0.2, -0.15) is 8.42 Å². The van der Waals surface area contributed by atoms with Gasteiger partial charge in [0.15, 0.2) is 0 Å². The van der Waals surface area contributed by atoms with Gasteiger partial charge in [0.2, 0.25) is 14.8 Å². The van der Waals surface area contributed by atoms with E-state index < -0.39 is 25.9 Å². The van der Waals surface area contributed by atoms with E-state index in [9.17, 15) is 21.2 Å². The van der Waals surface area contributed by atoms with Crippen molar-refractivity contribution in [2.24, 2.45) is 9.54 Å². The van der Waals surface area contributed by atoms with E-state index in [0.717, 1.165) is 35.6 Å². The molecule has 1 aromatic heterocycles. The van der Waals surface area contributed by atoms with Crippen molar-refractivity contribution in [1.29, 1.82) is 0 Å². The molecule has 2 N–H and O–H groups in total. The molecule has 0 radical (unpaired) electrons. The minimum absolute atomic E-state index is 0.0203. The molecule has 0 amide bonds. The number of aromatic nitrogens is 1. The molecule has 0 saturated carbocycles. The molecule has 0 unspecified atom stereocenters. The molecule has 0 aliphatic heterocycles. The lowest BCUT2D eigenvalue weighted by molar-refractivity contribution is 0.594. The van der Waals surface area contributed by atoms with Crippen LogP contribution in [0.4, 0.5) is 4.39 Å². The summed E-state index contributed by atoms with van der Waals surface area (Å²) >= 11 is 0.946. The van der Waals surface area contributed by atoms with Gasteiger partial charge in [0.25, 0.3) is 10.0 Å². The van der Waals surface area contributed by atoms with Crippen LogP contribution in [0.5, 0.6) is 0 Å². The maximum Gasteiger partial charge on any atom is 0.285 e. The second-order valence-corrected chi connectivity index (χ2v) is 9.54. The highest BCUT2D eigenvalue weighted by Crippen LogP contribution is 2.22. The molecular weight excluding hydrogens is 413 g/mol. The van der Waals surface area contributed by atoms with Crippen LogP contribution in [0.25, 0.3) is 10.2 Å². The summed E-state index contributed by atoms with van der Waals surface area (Å²) < 4.78 is 66.8. The Morgan fingerprint density at radius 1 is 1.11 bits per heavy atom. The predicted molar refractivity (Wildman–Crippen MR) is 99.2 cm³/mol. The van der Waals surface area contributed by atoms with Crippen LogP contribution in [0.3, 0.4) is 0 Å². The Morgan fingerprint density at radius 3 is 2.33 bits per heavy atom. The fourth-order valence-corrected chi connectivity index (χ4v) is 5.19. The number of nitrogens with two attached hydrogens (primary N) is 1. The van der Waals surface area contributed by atoms with Crippen LogP contribution in [0.1, 0.15) is 0 Å². The zero-order valence-electron chi connectivity index (χ0n) is 13.5. The summed E-state index contributed by atoms with van der Waals surface area (Å²) in [6.45, 7) is 0.0203. The lowest BCUT2D eigenvalue weighted by Crippen LogP contribution is -2.16. The third-order valence-corrected chi connectivity index (χ3v) is 6.89. The Morgan fingerprint density at radius 2 is 1.74 bits per heavy atom. The van der Waals surface area contributed by atoms with Gasteiger partial charge in [-0.3, -0.25) is 0 Å². The third kappa shape index (κ3) is 3.93. The van der Waals surface area contributed by atoms with Crippen LogP contribution in [0.15, 0.2) is 56.7 Å². The molecule has 0 spiro atoms. The first kappa shape index (κ1) is 19.2. The minimum atomic E-state index is -4.12. The average Bonchev–Trinajstić information content (AvgIpc) is 2.91. The molecule has 0 aliphatic rings. The van der Waals surface area contributed by atoms with Gasteiger partial charge in [-0.1, -0.05) is 17.3 Å². The minimum Gasteiger partial charge on any atom is -0.304 e. The van der Waals surface area contributed by atoms with Gasteiger partial charge in [-0.25, -0.2) is 17.9 Å². The second-order valence-electron chi connectivity index (χ2n) is 5.37. The Balaban J connectivity index is 2.26. The zero-order chi connectivity index (χ0) is 19.8. The maximum absolute atomic E-state index is 13.0. The number of primary sulfonamides is 1. The summed E-state index contributed by atoms with van der Waals surface area (Å²) in [5, 5.41) is 5.13. The number of rotatable bonds is 4. The monoisotopic (exact) mass is 425 g/mol. The molecule has 3 rings (SSSR count). The Labute approximate surface area is 158 Å². The van der Waals surface area contributed by atoms with E-state index in [4.69, 9.17) is 11.6 Å². The number of hydrogen-bond donors (Lipinski definition) is 1. The van der Waals surface area contributed by atoms with E-state index in [2.05, 4.69) is 10.3 Å². The van der Waals surface area contributed by atoms with Crippen molar-refractivity contribution in [3.8, 4) is 12.3 Å². The smallest absolute Gasteiger partial charge is 0.285 e. The van der Waals surface area contributed by atoms with Crippen molar-refractivity contribution >= 4 is 41.6 Å². The molecular formula is C16H12FN3O4S3. The lowest BCUT2D eigenvalue weighted by Gasteiger charge is -2.02. The van der Waals surface area contributed by atoms with Crippen molar-refractivity contribution < 1.29 is 21.2 Å². The molecule has 1 heterocycles. The van der Waals surface area contributed by atoms with Crippen molar-refractivity contribution in [2.45, 2.75) is 16.3 Å². The summed E-state index contributed by atoms with van der Waals surface area (Å²) in [7, 11) is -8.04. The quantitative estimate of drug-likeness (QED) is 0.637. The number of halogens is 1. The van der Waals surface area contributed by atoms with Gasteiger partial charge >= 0.3 is 0 Å². The van der Waals surface area contributed by atoms with Crippen molar-refractivity contribution in [1.82, 2.24) is 4.57 Å². The second kappa shape index (κ2) is 6.90. The topological polar surface area (TPSA) is 112 Å². The van der Waals surface area contributed by atoms with Crippen LogP contribution in [0.2, 0.25) is 0 Å². The summed E-state index contributed by atoms with van der Waals surface area (Å²) in [6, 6.07) is 8.34. The number of sulfonamides is 2. The van der Waals surface area contributed by atoms with Crippen LogP contribution >= 0.6 is 11.3 Å². The van der Waals surface area contributed by atoms with E-state index in [0.29, 0.717) is 10.2 Å². The van der Waals surface area contributed by atoms with Crippen molar-refractivity contribution in [2.75, 3.05) is 0 Å². The molecule has 0 fully saturated rings. The number of benzene rings is 2. The highest BCUT2D eigenvalue weighted by molar-refractivity contribution is 7.90. The summed E-state index contributed by atoms with van der Waals surface area (Å²) in [5.41, 5.74) is 0.512. The fourth-order valence-electron chi connectivity index (χ4n) is 2.31. The van der Waals surface area contributed by atoms with Gasteiger partial charge in [-0.15, -0.1) is 10.8 Å². The number of thiazole rings is 1. The molecule has 11 heteroatoms. The largest absolute Gasteiger partial charge is 0.304 e. The number of hydrogen-bond acceptors (Lipinski definition) is 5. The molecule has 0 atom stereocenters. The third-order valence-electron chi connectivity index (χ3n) is 3.54. The van der Waals surface area contributed by atoms with E-state index in [1.807, 2.05) is 0 Å². The van der Waals surface area contributed by atoms with Crippen LogP contribution < -0.4 is 9.94 Å². The standard InChI is InChI=1S/C16H12FN3O4S3/c1-2-9-20-14-8-7-13(26(18,21)22)10-15(14)25-16(20)19-27(23,24)12-5-3-11(17)4-6-12/h1,3-8,10H,9H2,(H2,18,21,22)/b19-16-. The van der Waals surface area contributed by atoms with Crippen molar-refractivity contribution in [3.63, 3.8) is 0 Å². The van der Waals surface area contributed by atoms with Crippen LogP contribution in [0, 0.1) is 18.2 Å². The highest BCUT2D eigenvalue weighted by atomic mass is 32.2. The van der Waals surface area contributed by atoms with Crippen molar-refractivity contribution in [3.05, 3.63) is 53.1 Å². The Kier molecular flexibility index (Phi) is 4.92. The molecule has 0 aliphatic carbocycles. The van der Waals surface area contributed by atoms with Gasteiger partial charge in [-0.05, 0) is 42.5 Å². The van der Waals surface area contributed by atoms with E-state index in [1.54, 1.807) is 0 Å². The number of fused-ring (bicyclic) bond motifs is 1. The van der Waals surface area contributed by atoms with Crippen LogP contribution in [-0.4, -0.2) is 21.4 Å². The lowest BCUT2D eigenvalue weighted by atomic mass is 10.3. The fraction of sp³-hybridized carbons (Fsp3) is 0.0625. The van der Waals surface area contributed by atoms with Gasteiger partial charge in [0.05, 0.1) is 26.6 Å². The summed E-state index contributed by atoms with van der Waals surface area (Å²) in [4.78, 5) is -0.241. The van der Waals surface area contributed by atoms with Crippen LogP contribution in [-0.2, 0) is 26.6 Å². The Hall–Kier alpha value is -2.52. The van der Waals surface area contributed by atoms with Gasteiger partial charge < -0.3 is 4.57 Å². The molecule has 7 nitrogen and oxygen atoms in total.